The van der Waals surface area contributed by atoms with Crippen LogP contribution in [0.25, 0.3) is 0 Å². The fourth-order valence-electron chi connectivity index (χ4n) is 3.31. The number of ketones is 1. The van der Waals surface area contributed by atoms with Gasteiger partial charge in [-0.2, -0.15) is 0 Å². The second-order valence-electron chi connectivity index (χ2n) is 6.42. The topological polar surface area (TPSA) is 67.2 Å². The first-order valence-corrected chi connectivity index (χ1v) is 8.76. The highest BCUT2D eigenvalue weighted by molar-refractivity contribution is 5.95. The van der Waals surface area contributed by atoms with Crippen molar-refractivity contribution in [2.24, 2.45) is 0 Å². The van der Waals surface area contributed by atoms with Gasteiger partial charge >= 0.3 is 6.03 Å². The van der Waals surface area contributed by atoms with Crippen molar-refractivity contribution in [2.45, 2.75) is 39.2 Å². The van der Waals surface area contributed by atoms with E-state index in [1.165, 1.54) is 6.92 Å². The third kappa shape index (κ3) is 3.90. The Labute approximate surface area is 147 Å². The van der Waals surface area contributed by atoms with Gasteiger partial charge in [-0.25, -0.2) is 9.78 Å². The number of urea groups is 1. The van der Waals surface area contributed by atoms with Crippen LogP contribution >= 0.6 is 0 Å². The summed E-state index contributed by atoms with van der Waals surface area (Å²) in [6, 6.07) is 6.89. The zero-order valence-corrected chi connectivity index (χ0v) is 14.7. The van der Waals surface area contributed by atoms with Crippen LogP contribution in [0.15, 0.2) is 36.7 Å². The zero-order chi connectivity index (χ0) is 17.8. The van der Waals surface area contributed by atoms with Crippen LogP contribution in [0.4, 0.5) is 10.5 Å². The van der Waals surface area contributed by atoms with Gasteiger partial charge in [-0.05, 0) is 51.0 Å². The van der Waals surface area contributed by atoms with Gasteiger partial charge < -0.3 is 14.8 Å². The molecule has 6 nitrogen and oxygen atoms in total. The van der Waals surface area contributed by atoms with Crippen molar-refractivity contribution in [2.75, 3.05) is 18.4 Å². The summed E-state index contributed by atoms with van der Waals surface area (Å²) < 4.78 is 2.15. The van der Waals surface area contributed by atoms with Gasteiger partial charge in [0.25, 0.3) is 0 Å². The maximum atomic E-state index is 12.6. The number of benzene rings is 1. The van der Waals surface area contributed by atoms with Crippen LogP contribution in [-0.2, 0) is 6.54 Å². The quantitative estimate of drug-likeness (QED) is 0.866. The van der Waals surface area contributed by atoms with E-state index in [4.69, 9.17) is 0 Å². The SMILES string of the molecule is CCn1ccnc1[C@@H]1CCCN(C(=O)Nc2ccc(C(C)=O)cc2)C1. The van der Waals surface area contributed by atoms with E-state index in [0.29, 0.717) is 17.8 Å². The number of hydrogen-bond acceptors (Lipinski definition) is 3. The fourth-order valence-corrected chi connectivity index (χ4v) is 3.31. The first kappa shape index (κ1) is 17.2. The molecule has 1 fully saturated rings. The lowest BCUT2D eigenvalue weighted by Gasteiger charge is -2.32. The third-order valence-corrected chi connectivity index (χ3v) is 4.70. The van der Waals surface area contributed by atoms with Crippen molar-refractivity contribution in [1.82, 2.24) is 14.5 Å². The van der Waals surface area contributed by atoms with Crippen LogP contribution < -0.4 is 5.32 Å². The number of anilines is 1. The molecule has 1 aromatic carbocycles. The largest absolute Gasteiger partial charge is 0.335 e. The van der Waals surface area contributed by atoms with E-state index >= 15 is 0 Å². The molecule has 1 N–H and O–H groups in total. The summed E-state index contributed by atoms with van der Waals surface area (Å²) in [7, 11) is 0. The number of carbonyl (C=O) groups excluding carboxylic acids is 2. The summed E-state index contributed by atoms with van der Waals surface area (Å²) in [5, 5.41) is 2.92. The maximum Gasteiger partial charge on any atom is 0.321 e. The summed E-state index contributed by atoms with van der Waals surface area (Å²) in [5.74, 6) is 1.35. The highest BCUT2D eigenvalue weighted by Gasteiger charge is 2.27. The van der Waals surface area contributed by atoms with Crippen molar-refractivity contribution in [3.05, 3.63) is 48.0 Å². The summed E-state index contributed by atoms with van der Waals surface area (Å²) in [6.07, 6.45) is 5.84. The van der Waals surface area contributed by atoms with Gasteiger partial charge in [0.05, 0.1) is 0 Å². The van der Waals surface area contributed by atoms with Gasteiger partial charge in [-0.15, -0.1) is 0 Å². The lowest BCUT2D eigenvalue weighted by atomic mass is 9.97. The molecule has 1 aromatic heterocycles. The van der Waals surface area contributed by atoms with Crippen molar-refractivity contribution < 1.29 is 9.59 Å². The molecule has 3 rings (SSSR count). The molecule has 1 saturated heterocycles. The lowest BCUT2D eigenvalue weighted by molar-refractivity contribution is 0.101. The molecule has 1 aliphatic rings. The van der Waals surface area contributed by atoms with Crippen LogP contribution in [0, 0.1) is 0 Å². The van der Waals surface area contributed by atoms with Gasteiger partial charge in [-0.3, -0.25) is 4.79 Å². The molecule has 0 bridgehead atoms. The second kappa shape index (κ2) is 7.51. The van der Waals surface area contributed by atoms with Gasteiger partial charge in [0.1, 0.15) is 5.82 Å². The van der Waals surface area contributed by atoms with Gasteiger partial charge in [0, 0.05) is 49.2 Å². The molecular formula is C19H24N4O2. The van der Waals surface area contributed by atoms with Crippen molar-refractivity contribution in [3.63, 3.8) is 0 Å². The number of piperidine rings is 1. The summed E-state index contributed by atoms with van der Waals surface area (Å²) in [4.78, 5) is 30.2. The molecule has 2 amide bonds. The van der Waals surface area contributed by atoms with Gasteiger partial charge in [-0.1, -0.05) is 0 Å². The molecule has 0 radical (unpaired) electrons. The van der Waals surface area contributed by atoms with Crippen LogP contribution in [0.5, 0.6) is 0 Å². The number of hydrogen-bond donors (Lipinski definition) is 1. The van der Waals surface area contributed by atoms with E-state index in [1.807, 2.05) is 17.3 Å². The molecule has 6 heteroatoms. The standard InChI is InChI=1S/C19H24N4O2/c1-3-22-12-10-20-18(22)16-5-4-11-23(13-16)19(25)21-17-8-6-15(7-9-17)14(2)24/h6-10,12,16H,3-5,11,13H2,1-2H3,(H,21,25)/t16-/m1/s1. The van der Waals surface area contributed by atoms with E-state index in [1.54, 1.807) is 24.3 Å². The lowest BCUT2D eigenvalue weighted by Crippen LogP contribution is -2.42. The van der Waals surface area contributed by atoms with Crippen LogP contribution in [-0.4, -0.2) is 39.4 Å². The summed E-state index contributed by atoms with van der Waals surface area (Å²) in [5.41, 5.74) is 1.34. The Balaban J connectivity index is 1.64. The van der Waals surface area contributed by atoms with Crippen LogP contribution in [0.3, 0.4) is 0 Å². The Bertz CT molecular complexity index is 751. The molecule has 0 saturated carbocycles. The normalized spacial score (nSPS) is 17.4. The average molecular weight is 340 g/mol. The minimum absolute atomic E-state index is 0.0168. The molecule has 25 heavy (non-hydrogen) atoms. The molecule has 1 atom stereocenters. The minimum Gasteiger partial charge on any atom is -0.335 e. The smallest absolute Gasteiger partial charge is 0.321 e. The van der Waals surface area contributed by atoms with Crippen molar-refractivity contribution >= 4 is 17.5 Å². The minimum atomic E-state index is -0.102. The zero-order valence-electron chi connectivity index (χ0n) is 14.7. The Morgan fingerprint density at radius 1 is 1.28 bits per heavy atom. The maximum absolute atomic E-state index is 12.6. The number of carbonyl (C=O) groups is 2. The number of likely N-dealkylation sites (tertiary alicyclic amines) is 1. The molecule has 0 unspecified atom stereocenters. The number of aryl methyl sites for hydroxylation is 1. The van der Waals surface area contributed by atoms with E-state index in [9.17, 15) is 9.59 Å². The first-order chi connectivity index (χ1) is 12.1. The van der Waals surface area contributed by atoms with Gasteiger partial charge in [0.2, 0.25) is 0 Å². The van der Waals surface area contributed by atoms with E-state index in [2.05, 4.69) is 21.8 Å². The number of amides is 2. The number of Topliss-reactive ketones (excluding diaryl/α,β-unsaturated/α-hetero) is 1. The Morgan fingerprint density at radius 3 is 2.72 bits per heavy atom. The Kier molecular flexibility index (Phi) is 5.16. The summed E-state index contributed by atoms with van der Waals surface area (Å²) >= 11 is 0. The first-order valence-electron chi connectivity index (χ1n) is 8.76. The summed E-state index contributed by atoms with van der Waals surface area (Å²) in [6.45, 7) is 5.94. The highest BCUT2D eigenvalue weighted by atomic mass is 16.2. The predicted octanol–water partition coefficient (Wildman–Crippen LogP) is 3.52. The van der Waals surface area contributed by atoms with Gasteiger partial charge in [0.15, 0.2) is 5.78 Å². The number of aromatic nitrogens is 2. The fraction of sp³-hybridized carbons (Fsp3) is 0.421. The number of nitrogens with zero attached hydrogens (tertiary/aromatic N) is 3. The monoisotopic (exact) mass is 340 g/mol. The predicted molar refractivity (Wildman–Crippen MR) is 96.9 cm³/mol. The van der Waals surface area contributed by atoms with E-state index in [-0.39, 0.29) is 17.7 Å². The van der Waals surface area contributed by atoms with Crippen molar-refractivity contribution in [1.29, 1.82) is 0 Å². The Morgan fingerprint density at radius 2 is 2.04 bits per heavy atom. The molecule has 1 aliphatic heterocycles. The van der Waals surface area contributed by atoms with E-state index in [0.717, 1.165) is 31.8 Å². The molecule has 2 aromatic rings. The number of rotatable bonds is 4. The second-order valence-corrected chi connectivity index (χ2v) is 6.42. The molecule has 0 aliphatic carbocycles. The number of imidazole rings is 1. The van der Waals surface area contributed by atoms with Crippen LogP contribution in [0.2, 0.25) is 0 Å². The molecule has 132 valence electrons. The van der Waals surface area contributed by atoms with E-state index < -0.39 is 0 Å². The van der Waals surface area contributed by atoms with Crippen molar-refractivity contribution in [3.8, 4) is 0 Å². The third-order valence-electron chi connectivity index (χ3n) is 4.70. The molecular weight excluding hydrogens is 316 g/mol. The Hall–Kier alpha value is -2.63. The molecule has 0 spiro atoms. The highest BCUT2D eigenvalue weighted by Crippen LogP contribution is 2.26. The average Bonchev–Trinajstić information content (AvgIpc) is 3.11. The molecule has 2 heterocycles. The number of nitrogens with one attached hydrogen (secondary N) is 1. The van der Waals surface area contributed by atoms with Crippen LogP contribution in [0.1, 0.15) is 48.8 Å².